The van der Waals surface area contributed by atoms with E-state index in [2.05, 4.69) is 24.3 Å². The highest BCUT2D eigenvalue weighted by atomic mass is 16.5. The second-order valence-electron chi connectivity index (χ2n) is 7.85. The maximum atomic E-state index is 5.96. The van der Waals surface area contributed by atoms with Crippen LogP contribution in [0.4, 0.5) is 0 Å². The Morgan fingerprint density at radius 3 is 1.65 bits per heavy atom. The molecule has 174 valence electrons. The molecule has 0 radical (unpaired) electrons. The van der Waals surface area contributed by atoms with Crippen molar-refractivity contribution in [2.75, 3.05) is 42.7 Å². The fourth-order valence-electron chi connectivity index (χ4n) is 5.00. The molecule has 34 heavy (non-hydrogen) atoms. The highest BCUT2D eigenvalue weighted by Gasteiger charge is 2.28. The van der Waals surface area contributed by atoms with E-state index in [1.54, 1.807) is 42.7 Å². The van der Waals surface area contributed by atoms with Gasteiger partial charge in [-0.1, -0.05) is 36.4 Å². The normalized spacial score (nSPS) is 11.2. The van der Waals surface area contributed by atoms with Crippen LogP contribution in [0.2, 0.25) is 0 Å². The molecule has 5 aromatic rings. The minimum atomic E-state index is 0.481. The molecule has 0 saturated heterocycles. The third-order valence-electron chi connectivity index (χ3n) is 6.38. The van der Waals surface area contributed by atoms with Crippen LogP contribution in [0, 0.1) is 0 Å². The van der Waals surface area contributed by atoms with Gasteiger partial charge in [0, 0.05) is 10.8 Å². The average molecular weight is 459 g/mol. The lowest BCUT2D eigenvalue weighted by Gasteiger charge is -2.22. The van der Waals surface area contributed by atoms with Gasteiger partial charge in [0.25, 0.3) is 0 Å². The zero-order valence-electron chi connectivity index (χ0n) is 20.1. The van der Waals surface area contributed by atoms with Crippen LogP contribution in [-0.4, -0.2) is 42.7 Å². The Hall–Kier alpha value is -4.06. The smallest absolute Gasteiger partial charge is 0.204 e. The van der Waals surface area contributed by atoms with Crippen LogP contribution in [0.25, 0.3) is 43.1 Å². The Morgan fingerprint density at radius 2 is 1.00 bits per heavy atom. The predicted molar refractivity (Wildman–Crippen MR) is 136 cm³/mol. The maximum absolute atomic E-state index is 5.96. The molecule has 5 aromatic carbocycles. The molecule has 0 unspecified atom stereocenters. The fraction of sp³-hybridized carbons (Fsp3) is 0.214. The van der Waals surface area contributed by atoms with Crippen LogP contribution in [-0.2, 0) is 0 Å². The molecule has 0 saturated carbocycles. The summed E-state index contributed by atoms with van der Waals surface area (Å²) in [5, 5.41) is 7.76. The summed E-state index contributed by atoms with van der Waals surface area (Å²) in [7, 11) is 9.70. The number of ether oxygens (including phenoxy) is 6. The van der Waals surface area contributed by atoms with E-state index < -0.39 is 0 Å². The highest BCUT2D eigenvalue weighted by Crippen LogP contribution is 2.56. The Balaban J connectivity index is 2.23. The van der Waals surface area contributed by atoms with Gasteiger partial charge in [-0.2, -0.15) is 0 Å². The summed E-state index contributed by atoms with van der Waals surface area (Å²) < 4.78 is 35.0. The highest BCUT2D eigenvalue weighted by molar-refractivity contribution is 6.32. The van der Waals surface area contributed by atoms with E-state index in [9.17, 15) is 0 Å². The van der Waals surface area contributed by atoms with E-state index in [1.807, 2.05) is 24.3 Å². The molecule has 6 heteroatoms. The lowest BCUT2D eigenvalue weighted by atomic mass is 9.90. The average Bonchev–Trinajstić information content (AvgIpc) is 2.89. The molecule has 0 fully saturated rings. The summed E-state index contributed by atoms with van der Waals surface area (Å²) in [4.78, 5) is 0. The minimum Gasteiger partial charge on any atom is -0.496 e. The van der Waals surface area contributed by atoms with E-state index >= 15 is 0 Å². The number of rotatable bonds is 6. The maximum Gasteiger partial charge on any atom is 0.204 e. The van der Waals surface area contributed by atoms with Crippen molar-refractivity contribution < 1.29 is 28.4 Å². The summed E-state index contributed by atoms with van der Waals surface area (Å²) in [6, 6.07) is 16.6. The number of hydrogen-bond acceptors (Lipinski definition) is 6. The van der Waals surface area contributed by atoms with Gasteiger partial charge >= 0.3 is 0 Å². The summed E-state index contributed by atoms with van der Waals surface area (Å²) in [6.07, 6.45) is 0. The Labute approximate surface area is 197 Å². The Morgan fingerprint density at radius 1 is 0.412 bits per heavy atom. The first kappa shape index (κ1) is 21.8. The zero-order valence-corrected chi connectivity index (χ0v) is 20.1. The number of fused-ring (bicyclic) bond motifs is 7. The van der Waals surface area contributed by atoms with Crippen LogP contribution in [0.1, 0.15) is 0 Å². The summed E-state index contributed by atoms with van der Waals surface area (Å²) in [5.41, 5.74) is 0. The van der Waals surface area contributed by atoms with Crippen LogP contribution in [0.5, 0.6) is 34.5 Å². The minimum absolute atomic E-state index is 0.481. The molecule has 0 atom stereocenters. The molecule has 5 rings (SSSR count). The topological polar surface area (TPSA) is 55.4 Å². The van der Waals surface area contributed by atoms with Crippen molar-refractivity contribution in [2.24, 2.45) is 0 Å². The van der Waals surface area contributed by atoms with Crippen molar-refractivity contribution in [1.82, 2.24) is 0 Å². The van der Waals surface area contributed by atoms with E-state index in [-0.39, 0.29) is 0 Å². The van der Waals surface area contributed by atoms with Crippen LogP contribution in [0.15, 0.2) is 48.5 Å². The predicted octanol–water partition coefficient (Wildman–Crippen LogP) is 6.35. The van der Waals surface area contributed by atoms with Crippen molar-refractivity contribution in [1.29, 1.82) is 0 Å². The lowest BCUT2D eigenvalue weighted by molar-refractivity contribution is 0.325. The zero-order chi connectivity index (χ0) is 24.0. The van der Waals surface area contributed by atoms with Crippen LogP contribution in [0.3, 0.4) is 0 Å². The van der Waals surface area contributed by atoms with Gasteiger partial charge < -0.3 is 28.4 Å². The second-order valence-corrected chi connectivity index (χ2v) is 7.85. The first-order valence-corrected chi connectivity index (χ1v) is 10.8. The second kappa shape index (κ2) is 8.37. The van der Waals surface area contributed by atoms with E-state index in [4.69, 9.17) is 28.4 Å². The molecule has 6 nitrogen and oxygen atoms in total. The largest absolute Gasteiger partial charge is 0.496 e. The number of methoxy groups -OCH3 is 6. The molecule has 0 aliphatic heterocycles. The van der Waals surface area contributed by atoms with Crippen LogP contribution >= 0.6 is 0 Å². The molecule has 0 heterocycles. The SMILES string of the molecule is COc1cc2c(c(OC)c1OC)c(OC)c(OC)c1c(OC)cc3ccc4ccccc4c3c12. The first-order chi connectivity index (χ1) is 16.6. The molecule has 0 aromatic heterocycles. The molecule has 0 N–H and O–H groups in total. The van der Waals surface area contributed by atoms with E-state index in [1.165, 1.54) is 0 Å². The Kier molecular flexibility index (Phi) is 5.36. The van der Waals surface area contributed by atoms with Gasteiger partial charge in [0.15, 0.2) is 23.0 Å². The van der Waals surface area contributed by atoms with Crippen molar-refractivity contribution >= 4 is 43.1 Å². The molecule has 0 spiro atoms. The number of hydrogen-bond donors (Lipinski definition) is 0. The Bertz CT molecular complexity index is 1570. The molecule has 0 aliphatic rings. The standard InChI is InChI=1S/C28H26O6/c1-29-19-13-16-12-11-15-9-7-8-10-17(15)21(16)22-18-14-20(30-2)25(31-3)26(32-4)23(18)27(33-5)28(34-6)24(19)22/h7-14H,1-6H3. The first-order valence-electron chi connectivity index (χ1n) is 10.8. The summed E-state index contributed by atoms with van der Waals surface area (Å²) in [6.45, 7) is 0. The summed E-state index contributed by atoms with van der Waals surface area (Å²) >= 11 is 0. The lowest BCUT2D eigenvalue weighted by Crippen LogP contribution is -2.01. The van der Waals surface area contributed by atoms with Gasteiger partial charge in [-0.15, -0.1) is 0 Å². The quantitative estimate of drug-likeness (QED) is 0.276. The van der Waals surface area contributed by atoms with Crippen molar-refractivity contribution in [2.45, 2.75) is 0 Å². The van der Waals surface area contributed by atoms with Crippen molar-refractivity contribution in [3.05, 3.63) is 48.5 Å². The van der Waals surface area contributed by atoms with Gasteiger partial charge in [-0.05, 0) is 33.7 Å². The molecule has 0 aliphatic carbocycles. The van der Waals surface area contributed by atoms with Gasteiger partial charge in [0.2, 0.25) is 5.75 Å². The van der Waals surface area contributed by atoms with E-state index in [0.29, 0.717) is 34.5 Å². The molecule has 0 amide bonds. The van der Waals surface area contributed by atoms with Gasteiger partial charge in [-0.25, -0.2) is 0 Å². The van der Waals surface area contributed by atoms with Gasteiger partial charge in [-0.3, -0.25) is 0 Å². The monoisotopic (exact) mass is 458 g/mol. The van der Waals surface area contributed by atoms with Crippen molar-refractivity contribution in [3.8, 4) is 34.5 Å². The third kappa shape index (κ3) is 2.88. The van der Waals surface area contributed by atoms with Crippen LogP contribution < -0.4 is 28.4 Å². The van der Waals surface area contributed by atoms with Crippen molar-refractivity contribution in [3.63, 3.8) is 0 Å². The van der Waals surface area contributed by atoms with Gasteiger partial charge in [0.1, 0.15) is 5.75 Å². The molecule has 0 bridgehead atoms. The number of benzene rings is 5. The fourth-order valence-corrected chi connectivity index (χ4v) is 5.00. The van der Waals surface area contributed by atoms with E-state index in [0.717, 1.165) is 43.1 Å². The third-order valence-corrected chi connectivity index (χ3v) is 6.38. The van der Waals surface area contributed by atoms with Gasteiger partial charge in [0.05, 0.1) is 53.4 Å². The molecular formula is C28H26O6. The molecular weight excluding hydrogens is 432 g/mol. The summed E-state index contributed by atoms with van der Waals surface area (Å²) in [5.74, 6) is 3.31.